The molecule has 0 amide bonds. The highest BCUT2D eigenvalue weighted by Gasteiger charge is 2.46. The molecule has 1 unspecified atom stereocenters. The lowest BCUT2D eigenvalue weighted by atomic mass is 9.81. The van der Waals surface area contributed by atoms with Gasteiger partial charge in [0.25, 0.3) is 0 Å². The molecule has 0 aromatic heterocycles. The Morgan fingerprint density at radius 1 is 1.12 bits per heavy atom. The van der Waals surface area contributed by atoms with Crippen molar-refractivity contribution in [3.8, 4) is 0 Å². The fourth-order valence-electron chi connectivity index (χ4n) is 2.97. The highest BCUT2D eigenvalue weighted by atomic mass is 16.7. The van der Waals surface area contributed by atoms with Crippen LogP contribution in [0.5, 0.6) is 0 Å². The summed E-state index contributed by atoms with van der Waals surface area (Å²) in [5.41, 5.74) is 1.25. The van der Waals surface area contributed by atoms with Gasteiger partial charge >= 0.3 is 0 Å². The fourth-order valence-corrected chi connectivity index (χ4v) is 2.97. The van der Waals surface area contributed by atoms with Crippen LogP contribution in [0, 0.1) is 0 Å². The van der Waals surface area contributed by atoms with Gasteiger partial charge in [-0.1, -0.05) is 30.3 Å². The van der Waals surface area contributed by atoms with Crippen LogP contribution in [0.2, 0.25) is 0 Å². The molecular weight excluding hydrogens is 214 g/mol. The van der Waals surface area contributed by atoms with Crippen molar-refractivity contribution in [3.63, 3.8) is 0 Å². The first-order valence-corrected chi connectivity index (χ1v) is 6.31. The summed E-state index contributed by atoms with van der Waals surface area (Å²) in [6, 6.07) is 10.6. The van der Waals surface area contributed by atoms with Gasteiger partial charge < -0.3 is 14.8 Å². The molecule has 0 aliphatic carbocycles. The minimum Gasteiger partial charge on any atom is -0.347 e. The zero-order valence-corrected chi connectivity index (χ0v) is 10.2. The SMILES string of the molecule is CC1(c2ccccc2)CC2(CCN1)OCCO2. The van der Waals surface area contributed by atoms with Gasteiger partial charge in [0, 0.05) is 24.9 Å². The van der Waals surface area contributed by atoms with E-state index < -0.39 is 0 Å². The molecule has 2 aliphatic heterocycles. The molecule has 3 rings (SSSR count). The molecule has 2 saturated heterocycles. The van der Waals surface area contributed by atoms with Gasteiger partial charge in [0.2, 0.25) is 0 Å². The van der Waals surface area contributed by atoms with Crippen LogP contribution in [0.3, 0.4) is 0 Å². The Balaban J connectivity index is 1.87. The van der Waals surface area contributed by atoms with Crippen LogP contribution in [0.1, 0.15) is 25.3 Å². The highest BCUT2D eigenvalue weighted by Crippen LogP contribution is 2.40. The van der Waals surface area contributed by atoms with Gasteiger partial charge in [0.1, 0.15) is 0 Å². The standard InChI is InChI=1S/C14H19NO2/c1-13(12-5-3-2-4-6-12)11-14(7-8-15-13)16-9-10-17-14/h2-6,15H,7-11H2,1H3. The normalized spacial score (nSPS) is 31.8. The average Bonchev–Trinajstić information content (AvgIpc) is 2.78. The van der Waals surface area contributed by atoms with Crippen LogP contribution in [0.4, 0.5) is 0 Å². The Bertz CT molecular complexity index is 386. The molecule has 3 heteroatoms. The van der Waals surface area contributed by atoms with Gasteiger partial charge in [-0.3, -0.25) is 0 Å². The maximum absolute atomic E-state index is 5.84. The van der Waals surface area contributed by atoms with Crippen LogP contribution in [-0.2, 0) is 15.0 Å². The summed E-state index contributed by atoms with van der Waals surface area (Å²) >= 11 is 0. The zero-order chi connectivity index (χ0) is 11.8. The first-order valence-electron chi connectivity index (χ1n) is 6.31. The largest absolute Gasteiger partial charge is 0.347 e. The second-order valence-corrected chi connectivity index (χ2v) is 5.16. The molecule has 3 nitrogen and oxygen atoms in total. The average molecular weight is 233 g/mol. The van der Waals surface area contributed by atoms with E-state index in [-0.39, 0.29) is 11.3 Å². The molecule has 17 heavy (non-hydrogen) atoms. The van der Waals surface area contributed by atoms with Crippen molar-refractivity contribution in [2.45, 2.75) is 31.1 Å². The molecule has 2 heterocycles. The number of benzene rings is 1. The number of ether oxygens (including phenoxy) is 2. The number of piperidine rings is 1. The summed E-state index contributed by atoms with van der Waals surface area (Å²) in [6.07, 6.45) is 1.82. The Morgan fingerprint density at radius 3 is 2.53 bits per heavy atom. The smallest absolute Gasteiger partial charge is 0.171 e. The first kappa shape index (κ1) is 11.2. The Kier molecular flexibility index (Phi) is 2.69. The van der Waals surface area contributed by atoms with E-state index in [0.717, 1.165) is 32.6 Å². The highest BCUT2D eigenvalue weighted by molar-refractivity contribution is 5.25. The predicted octanol–water partition coefficient (Wildman–Crippen LogP) is 2.03. The zero-order valence-electron chi connectivity index (χ0n) is 10.2. The molecule has 0 radical (unpaired) electrons. The molecule has 2 aliphatic rings. The molecule has 1 aromatic carbocycles. The second-order valence-electron chi connectivity index (χ2n) is 5.16. The Morgan fingerprint density at radius 2 is 1.82 bits per heavy atom. The van der Waals surface area contributed by atoms with Crippen molar-refractivity contribution in [1.29, 1.82) is 0 Å². The van der Waals surface area contributed by atoms with E-state index in [1.54, 1.807) is 0 Å². The Hall–Kier alpha value is -0.900. The topological polar surface area (TPSA) is 30.5 Å². The lowest BCUT2D eigenvalue weighted by molar-refractivity contribution is -0.190. The van der Waals surface area contributed by atoms with Crippen molar-refractivity contribution in [2.75, 3.05) is 19.8 Å². The van der Waals surface area contributed by atoms with Crippen molar-refractivity contribution in [1.82, 2.24) is 5.32 Å². The summed E-state index contributed by atoms with van der Waals surface area (Å²) < 4.78 is 11.7. The van der Waals surface area contributed by atoms with Crippen LogP contribution in [-0.4, -0.2) is 25.5 Å². The quantitative estimate of drug-likeness (QED) is 0.805. The van der Waals surface area contributed by atoms with Crippen LogP contribution in [0.15, 0.2) is 30.3 Å². The molecular formula is C14H19NO2. The summed E-state index contributed by atoms with van der Waals surface area (Å²) in [7, 11) is 0. The number of hydrogen-bond acceptors (Lipinski definition) is 3. The predicted molar refractivity (Wildman–Crippen MR) is 65.7 cm³/mol. The van der Waals surface area contributed by atoms with E-state index in [0.29, 0.717) is 0 Å². The third kappa shape index (κ3) is 1.99. The van der Waals surface area contributed by atoms with E-state index in [1.807, 2.05) is 6.07 Å². The van der Waals surface area contributed by atoms with Crippen molar-refractivity contribution in [3.05, 3.63) is 35.9 Å². The summed E-state index contributed by atoms with van der Waals surface area (Å²) in [5.74, 6) is -0.351. The fraction of sp³-hybridized carbons (Fsp3) is 0.571. The lowest BCUT2D eigenvalue weighted by Gasteiger charge is -2.44. The van der Waals surface area contributed by atoms with Gasteiger partial charge in [-0.05, 0) is 12.5 Å². The van der Waals surface area contributed by atoms with E-state index in [4.69, 9.17) is 9.47 Å². The first-order chi connectivity index (χ1) is 8.23. The summed E-state index contributed by atoms with van der Waals surface area (Å²) in [5, 5.41) is 3.60. The minimum absolute atomic E-state index is 0.0517. The van der Waals surface area contributed by atoms with Crippen molar-refractivity contribution < 1.29 is 9.47 Å². The van der Waals surface area contributed by atoms with Gasteiger partial charge in [-0.2, -0.15) is 0 Å². The number of rotatable bonds is 1. The molecule has 1 aromatic rings. The van der Waals surface area contributed by atoms with Crippen LogP contribution in [0.25, 0.3) is 0 Å². The van der Waals surface area contributed by atoms with Gasteiger partial charge in [-0.25, -0.2) is 0 Å². The van der Waals surface area contributed by atoms with Crippen molar-refractivity contribution >= 4 is 0 Å². The molecule has 0 bridgehead atoms. The third-order valence-corrected chi connectivity index (χ3v) is 3.87. The number of nitrogens with one attached hydrogen (secondary N) is 1. The van der Waals surface area contributed by atoms with E-state index in [9.17, 15) is 0 Å². The molecule has 1 atom stereocenters. The van der Waals surface area contributed by atoms with Crippen LogP contribution < -0.4 is 5.32 Å². The third-order valence-electron chi connectivity index (χ3n) is 3.87. The molecule has 1 N–H and O–H groups in total. The minimum atomic E-state index is -0.351. The second kappa shape index (κ2) is 4.09. The maximum Gasteiger partial charge on any atom is 0.171 e. The van der Waals surface area contributed by atoms with Crippen molar-refractivity contribution in [2.24, 2.45) is 0 Å². The van der Waals surface area contributed by atoms with Crippen LogP contribution >= 0.6 is 0 Å². The molecule has 0 saturated carbocycles. The maximum atomic E-state index is 5.84. The summed E-state index contributed by atoms with van der Waals surface area (Å²) in [6.45, 7) is 4.62. The Labute approximate surface area is 102 Å². The van der Waals surface area contributed by atoms with E-state index in [1.165, 1.54) is 5.56 Å². The number of hydrogen-bond donors (Lipinski definition) is 1. The molecule has 1 spiro atoms. The van der Waals surface area contributed by atoms with Gasteiger partial charge in [0.05, 0.1) is 13.2 Å². The lowest BCUT2D eigenvalue weighted by Crippen LogP contribution is -2.54. The molecule has 2 fully saturated rings. The molecule has 92 valence electrons. The van der Waals surface area contributed by atoms with Gasteiger partial charge in [0.15, 0.2) is 5.79 Å². The van der Waals surface area contributed by atoms with E-state index >= 15 is 0 Å². The monoisotopic (exact) mass is 233 g/mol. The summed E-state index contributed by atoms with van der Waals surface area (Å²) in [4.78, 5) is 0. The van der Waals surface area contributed by atoms with E-state index in [2.05, 4.69) is 36.5 Å². The van der Waals surface area contributed by atoms with Gasteiger partial charge in [-0.15, -0.1) is 0 Å².